The van der Waals surface area contributed by atoms with Crippen molar-refractivity contribution in [3.63, 3.8) is 0 Å². The van der Waals surface area contributed by atoms with Gasteiger partial charge in [0, 0.05) is 11.9 Å². The molecular formula is C13H18BrNO3. The van der Waals surface area contributed by atoms with E-state index < -0.39 is 0 Å². The zero-order valence-electron chi connectivity index (χ0n) is 10.7. The zero-order valence-corrected chi connectivity index (χ0v) is 12.2. The third-order valence-electron chi connectivity index (χ3n) is 2.50. The smallest absolute Gasteiger partial charge is 0.255 e. The van der Waals surface area contributed by atoms with Crippen molar-refractivity contribution in [1.82, 2.24) is 5.32 Å². The SMILES string of the molecule is COc1ccc(OC)c(C(=O)NCCCCBr)c1. The van der Waals surface area contributed by atoms with Crippen molar-refractivity contribution in [3.05, 3.63) is 23.8 Å². The van der Waals surface area contributed by atoms with Crippen LogP contribution in [0.2, 0.25) is 0 Å². The molecule has 0 unspecified atom stereocenters. The quantitative estimate of drug-likeness (QED) is 0.621. The molecule has 0 saturated carbocycles. The second-order valence-electron chi connectivity index (χ2n) is 3.72. The average molecular weight is 316 g/mol. The predicted octanol–water partition coefficient (Wildman–Crippen LogP) is 2.61. The van der Waals surface area contributed by atoms with Crippen molar-refractivity contribution in [3.8, 4) is 11.5 Å². The van der Waals surface area contributed by atoms with Crippen LogP contribution in [0, 0.1) is 0 Å². The van der Waals surface area contributed by atoms with Crippen molar-refractivity contribution in [2.24, 2.45) is 0 Å². The van der Waals surface area contributed by atoms with Gasteiger partial charge in [-0.2, -0.15) is 0 Å². The lowest BCUT2D eigenvalue weighted by Gasteiger charge is -2.10. The van der Waals surface area contributed by atoms with Gasteiger partial charge in [0.2, 0.25) is 0 Å². The molecule has 1 aromatic carbocycles. The van der Waals surface area contributed by atoms with E-state index in [9.17, 15) is 4.79 Å². The summed E-state index contributed by atoms with van der Waals surface area (Å²) in [5.41, 5.74) is 0.496. The highest BCUT2D eigenvalue weighted by molar-refractivity contribution is 9.09. The Hall–Kier alpha value is -1.23. The molecule has 1 N–H and O–H groups in total. The lowest BCUT2D eigenvalue weighted by Crippen LogP contribution is -2.25. The normalized spacial score (nSPS) is 9.94. The largest absolute Gasteiger partial charge is 0.497 e. The fraction of sp³-hybridized carbons (Fsp3) is 0.462. The summed E-state index contributed by atoms with van der Waals surface area (Å²) >= 11 is 3.35. The number of alkyl halides is 1. The highest BCUT2D eigenvalue weighted by Crippen LogP contribution is 2.23. The number of rotatable bonds is 7. The Kier molecular flexibility index (Phi) is 6.57. The Morgan fingerprint density at radius 2 is 2.06 bits per heavy atom. The number of hydrogen-bond acceptors (Lipinski definition) is 3. The monoisotopic (exact) mass is 315 g/mol. The molecular weight excluding hydrogens is 298 g/mol. The second-order valence-corrected chi connectivity index (χ2v) is 4.51. The molecule has 0 aliphatic rings. The highest BCUT2D eigenvalue weighted by Gasteiger charge is 2.12. The van der Waals surface area contributed by atoms with Gasteiger partial charge in [-0.15, -0.1) is 0 Å². The first-order valence-electron chi connectivity index (χ1n) is 5.79. The maximum absolute atomic E-state index is 12.0. The van der Waals surface area contributed by atoms with Crippen molar-refractivity contribution in [1.29, 1.82) is 0 Å². The number of carbonyl (C=O) groups is 1. The number of methoxy groups -OCH3 is 2. The van der Waals surface area contributed by atoms with Crippen molar-refractivity contribution in [2.45, 2.75) is 12.8 Å². The van der Waals surface area contributed by atoms with Gasteiger partial charge in [0.15, 0.2) is 0 Å². The molecule has 0 heterocycles. The van der Waals surface area contributed by atoms with E-state index in [1.165, 1.54) is 0 Å². The van der Waals surface area contributed by atoms with Gasteiger partial charge >= 0.3 is 0 Å². The van der Waals surface area contributed by atoms with Crippen LogP contribution in [0.5, 0.6) is 11.5 Å². The minimum atomic E-state index is -0.139. The molecule has 0 aliphatic carbocycles. The molecule has 4 nitrogen and oxygen atoms in total. The van der Waals surface area contributed by atoms with E-state index in [-0.39, 0.29) is 5.91 Å². The number of benzene rings is 1. The first-order chi connectivity index (χ1) is 8.72. The lowest BCUT2D eigenvalue weighted by atomic mass is 10.1. The average Bonchev–Trinajstić information content (AvgIpc) is 2.42. The molecule has 0 spiro atoms. The molecule has 1 amide bonds. The van der Waals surface area contributed by atoms with E-state index in [0.29, 0.717) is 23.6 Å². The van der Waals surface area contributed by atoms with Gasteiger partial charge in [0.1, 0.15) is 11.5 Å². The van der Waals surface area contributed by atoms with Gasteiger partial charge in [-0.3, -0.25) is 4.79 Å². The van der Waals surface area contributed by atoms with Crippen LogP contribution < -0.4 is 14.8 Å². The number of unbranched alkanes of at least 4 members (excludes halogenated alkanes) is 1. The van der Waals surface area contributed by atoms with Crippen LogP contribution in [0.1, 0.15) is 23.2 Å². The predicted molar refractivity (Wildman–Crippen MR) is 74.9 cm³/mol. The van der Waals surface area contributed by atoms with E-state index in [2.05, 4.69) is 21.2 Å². The standard InChI is InChI=1S/C13H18BrNO3/c1-17-10-5-6-12(18-2)11(9-10)13(16)15-8-4-3-7-14/h5-6,9H,3-4,7-8H2,1-2H3,(H,15,16). The molecule has 1 aromatic rings. The van der Waals surface area contributed by atoms with Crippen LogP contribution in [-0.2, 0) is 0 Å². The Labute approximate surface area is 116 Å². The van der Waals surface area contributed by atoms with Gasteiger partial charge < -0.3 is 14.8 Å². The van der Waals surface area contributed by atoms with Crippen LogP contribution in [-0.4, -0.2) is 32.0 Å². The third-order valence-corrected chi connectivity index (χ3v) is 3.06. The summed E-state index contributed by atoms with van der Waals surface area (Å²) in [4.78, 5) is 12.0. The maximum atomic E-state index is 12.0. The summed E-state index contributed by atoms with van der Waals surface area (Å²) in [5, 5.41) is 3.81. The number of hydrogen-bond donors (Lipinski definition) is 1. The zero-order chi connectivity index (χ0) is 13.4. The first kappa shape index (κ1) is 14.8. The fourth-order valence-corrected chi connectivity index (χ4v) is 1.90. The van der Waals surface area contributed by atoms with E-state index in [1.54, 1.807) is 32.4 Å². The second kappa shape index (κ2) is 7.97. The van der Waals surface area contributed by atoms with E-state index in [0.717, 1.165) is 18.2 Å². The van der Waals surface area contributed by atoms with E-state index in [1.807, 2.05) is 0 Å². The van der Waals surface area contributed by atoms with Crippen molar-refractivity contribution >= 4 is 21.8 Å². The van der Waals surface area contributed by atoms with Crippen LogP contribution in [0.3, 0.4) is 0 Å². The van der Waals surface area contributed by atoms with Gasteiger partial charge in [0.05, 0.1) is 19.8 Å². The number of halogens is 1. The molecule has 0 radical (unpaired) electrons. The summed E-state index contributed by atoms with van der Waals surface area (Å²) in [6, 6.07) is 5.17. The van der Waals surface area contributed by atoms with Crippen LogP contribution in [0.4, 0.5) is 0 Å². The molecule has 5 heteroatoms. The number of nitrogens with one attached hydrogen (secondary N) is 1. The molecule has 0 saturated heterocycles. The van der Waals surface area contributed by atoms with E-state index in [4.69, 9.17) is 9.47 Å². The molecule has 0 aromatic heterocycles. The third kappa shape index (κ3) is 4.22. The number of ether oxygens (including phenoxy) is 2. The van der Waals surface area contributed by atoms with Crippen molar-refractivity contribution < 1.29 is 14.3 Å². The van der Waals surface area contributed by atoms with Gasteiger partial charge in [-0.05, 0) is 31.0 Å². The van der Waals surface area contributed by atoms with Gasteiger partial charge in [0.25, 0.3) is 5.91 Å². The highest BCUT2D eigenvalue weighted by atomic mass is 79.9. The first-order valence-corrected chi connectivity index (χ1v) is 6.91. The molecule has 0 fully saturated rings. The molecule has 0 aliphatic heterocycles. The minimum Gasteiger partial charge on any atom is -0.497 e. The summed E-state index contributed by atoms with van der Waals surface area (Å²) < 4.78 is 10.3. The molecule has 0 bridgehead atoms. The Morgan fingerprint density at radius 3 is 2.67 bits per heavy atom. The Bertz CT molecular complexity index is 396. The minimum absolute atomic E-state index is 0.139. The fourth-order valence-electron chi connectivity index (χ4n) is 1.51. The van der Waals surface area contributed by atoms with Gasteiger partial charge in [-0.1, -0.05) is 15.9 Å². The summed E-state index contributed by atoms with van der Waals surface area (Å²) in [5.74, 6) is 1.05. The van der Waals surface area contributed by atoms with E-state index >= 15 is 0 Å². The van der Waals surface area contributed by atoms with Gasteiger partial charge in [-0.25, -0.2) is 0 Å². The summed E-state index contributed by atoms with van der Waals surface area (Å²) in [7, 11) is 3.11. The van der Waals surface area contributed by atoms with Crippen molar-refractivity contribution in [2.75, 3.05) is 26.1 Å². The summed E-state index contributed by atoms with van der Waals surface area (Å²) in [6.07, 6.45) is 1.98. The number of carbonyl (C=O) groups excluding carboxylic acids is 1. The Balaban J connectivity index is 2.70. The summed E-state index contributed by atoms with van der Waals surface area (Å²) in [6.45, 7) is 0.658. The lowest BCUT2D eigenvalue weighted by molar-refractivity contribution is 0.0950. The molecule has 0 atom stereocenters. The van der Waals surface area contributed by atoms with Crippen LogP contribution >= 0.6 is 15.9 Å². The molecule has 100 valence electrons. The van der Waals surface area contributed by atoms with Crippen LogP contribution in [0.15, 0.2) is 18.2 Å². The maximum Gasteiger partial charge on any atom is 0.255 e. The topological polar surface area (TPSA) is 47.6 Å². The Morgan fingerprint density at radius 1 is 1.28 bits per heavy atom. The number of amides is 1. The van der Waals surface area contributed by atoms with Crippen LogP contribution in [0.25, 0.3) is 0 Å². The molecule has 1 rings (SSSR count). The molecule has 18 heavy (non-hydrogen) atoms.